The van der Waals surface area contributed by atoms with E-state index in [-0.39, 0.29) is 5.82 Å². The van der Waals surface area contributed by atoms with Crippen molar-refractivity contribution in [3.63, 3.8) is 0 Å². The molecule has 7 heteroatoms. The summed E-state index contributed by atoms with van der Waals surface area (Å²) in [7, 11) is 0. The standard InChI is InChI=1S/C6H10N4O3/c1-3-13-4(2)10-5(6(11)12)7-8-9-10/h4H,3H2,1-2H3,(H,11,12). The summed E-state index contributed by atoms with van der Waals surface area (Å²) in [6, 6.07) is 0. The highest BCUT2D eigenvalue weighted by Gasteiger charge is 2.18. The molecular formula is C6H10N4O3. The second-order valence-corrected chi connectivity index (χ2v) is 2.31. The van der Waals surface area contributed by atoms with Crippen LogP contribution in [0.4, 0.5) is 0 Å². The maximum Gasteiger partial charge on any atom is 0.375 e. The SMILES string of the molecule is CCOC(C)n1nnnc1C(=O)O. The summed E-state index contributed by atoms with van der Waals surface area (Å²) in [6.07, 6.45) is -0.467. The van der Waals surface area contributed by atoms with E-state index in [9.17, 15) is 4.79 Å². The van der Waals surface area contributed by atoms with E-state index in [1.165, 1.54) is 0 Å². The molecule has 1 aromatic heterocycles. The third-order valence-corrected chi connectivity index (χ3v) is 1.44. The van der Waals surface area contributed by atoms with Crippen molar-refractivity contribution < 1.29 is 14.6 Å². The molecule has 0 saturated carbocycles. The summed E-state index contributed by atoms with van der Waals surface area (Å²) >= 11 is 0. The van der Waals surface area contributed by atoms with Crippen LogP contribution in [0.5, 0.6) is 0 Å². The van der Waals surface area contributed by atoms with Crippen LogP contribution < -0.4 is 0 Å². The summed E-state index contributed by atoms with van der Waals surface area (Å²) in [6.45, 7) is 3.95. The van der Waals surface area contributed by atoms with E-state index in [1.807, 2.05) is 0 Å². The van der Waals surface area contributed by atoms with Gasteiger partial charge in [-0.1, -0.05) is 0 Å². The Morgan fingerprint density at radius 1 is 1.77 bits per heavy atom. The average Bonchev–Trinajstić information content (AvgIpc) is 2.52. The number of hydrogen-bond donors (Lipinski definition) is 1. The molecule has 1 N–H and O–H groups in total. The van der Waals surface area contributed by atoms with E-state index < -0.39 is 12.2 Å². The Morgan fingerprint density at radius 3 is 3.00 bits per heavy atom. The number of ether oxygens (including phenoxy) is 1. The number of rotatable bonds is 4. The van der Waals surface area contributed by atoms with Crippen molar-refractivity contribution in [2.24, 2.45) is 0 Å². The van der Waals surface area contributed by atoms with Crippen molar-refractivity contribution in [2.75, 3.05) is 6.61 Å². The van der Waals surface area contributed by atoms with Gasteiger partial charge in [-0.25, -0.2) is 4.79 Å². The van der Waals surface area contributed by atoms with Gasteiger partial charge in [-0.3, -0.25) is 0 Å². The Bertz CT molecular complexity index is 298. The summed E-state index contributed by atoms with van der Waals surface area (Å²) in [4.78, 5) is 10.6. The van der Waals surface area contributed by atoms with Crippen LogP contribution in [0.2, 0.25) is 0 Å². The molecular weight excluding hydrogens is 176 g/mol. The highest BCUT2D eigenvalue weighted by molar-refractivity contribution is 5.82. The highest BCUT2D eigenvalue weighted by atomic mass is 16.5. The molecule has 0 aliphatic rings. The van der Waals surface area contributed by atoms with Crippen LogP contribution in [0.1, 0.15) is 30.7 Å². The van der Waals surface area contributed by atoms with Crippen LogP contribution in [-0.2, 0) is 4.74 Å². The number of hydrogen-bond acceptors (Lipinski definition) is 5. The Kier molecular flexibility index (Phi) is 2.91. The fourth-order valence-corrected chi connectivity index (χ4v) is 0.891. The van der Waals surface area contributed by atoms with Crippen molar-refractivity contribution >= 4 is 5.97 Å². The maximum absolute atomic E-state index is 10.6. The first-order valence-corrected chi connectivity index (χ1v) is 3.79. The second kappa shape index (κ2) is 3.94. The van der Waals surface area contributed by atoms with Crippen LogP contribution in [0.15, 0.2) is 0 Å². The van der Waals surface area contributed by atoms with Crippen molar-refractivity contribution in [3.05, 3.63) is 5.82 Å². The second-order valence-electron chi connectivity index (χ2n) is 2.31. The molecule has 1 heterocycles. The molecule has 0 fully saturated rings. The normalized spacial score (nSPS) is 12.8. The van der Waals surface area contributed by atoms with Gasteiger partial charge in [-0.15, -0.1) is 5.10 Å². The molecule has 0 spiro atoms. The van der Waals surface area contributed by atoms with E-state index >= 15 is 0 Å². The quantitative estimate of drug-likeness (QED) is 0.707. The molecule has 7 nitrogen and oxygen atoms in total. The minimum Gasteiger partial charge on any atom is -0.475 e. The number of carbonyl (C=O) groups is 1. The summed E-state index contributed by atoms with van der Waals surface area (Å²) < 4.78 is 6.25. The largest absolute Gasteiger partial charge is 0.475 e. The zero-order valence-corrected chi connectivity index (χ0v) is 7.34. The first kappa shape index (κ1) is 9.59. The molecule has 0 aliphatic heterocycles. The molecule has 13 heavy (non-hydrogen) atoms. The molecule has 0 aliphatic carbocycles. The average molecular weight is 186 g/mol. The fraction of sp³-hybridized carbons (Fsp3) is 0.667. The van der Waals surface area contributed by atoms with Gasteiger partial charge >= 0.3 is 5.97 Å². The van der Waals surface area contributed by atoms with Crippen molar-refractivity contribution in [1.82, 2.24) is 20.2 Å². The van der Waals surface area contributed by atoms with Crippen LogP contribution >= 0.6 is 0 Å². The van der Waals surface area contributed by atoms with Gasteiger partial charge in [0.25, 0.3) is 5.82 Å². The van der Waals surface area contributed by atoms with Crippen molar-refractivity contribution in [3.8, 4) is 0 Å². The van der Waals surface area contributed by atoms with Gasteiger partial charge < -0.3 is 9.84 Å². The number of carboxylic acids is 1. The van der Waals surface area contributed by atoms with Crippen LogP contribution in [0, 0.1) is 0 Å². The topological polar surface area (TPSA) is 90.1 Å². The van der Waals surface area contributed by atoms with Crippen LogP contribution in [-0.4, -0.2) is 37.9 Å². The number of aromatic nitrogens is 4. The number of tetrazole rings is 1. The number of nitrogens with zero attached hydrogens (tertiary/aromatic N) is 4. The van der Waals surface area contributed by atoms with Gasteiger partial charge in [0, 0.05) is 6.61 Å². The molecule has 0 amide bonds. The lowest BCUT2D eigenvalue weighted by Crippen LogP contribution is -2.17. The number of aromatic carboxylic acids is 1. The Balaban J connectivity index is 2.86. The monoisotopic (exact) mass is 186 g/mol. The molecule has 0 radical (unpaired) electrons. The van der Waals surface area contributed by atoms with Gasteiger partial charge in [0.1, 0.15) is 0 Å². The first-order chi connectivity index (χ1) is 6.16. The lowest BCUT2D eigenvalue weighted by Gasteiger charge is -2.10. The minimum atomic E-state index is -1.17. The van der Waals surface area contributed by atoms with Gasteiger partial charge in [0.15, 0.2) is 6.23 Å². The molecule has 1 aromatic rings. The summed E-state index contributed by atoms with van der Waals surface area (Å²) in [5.41, 5.74) is 0. The van der Waals surface area contributed by atoms with Gasteiger partial charge in [0.2, 0.25) is 0 Å². The molecule has 1 rings (SSSR count). The van der Waals surface area contributed by atoms with Gasteiger partial charge in [-0.05, 0) is 24.3 Å². The summed E-state index contributed by atoms with van der Waals surface area (Å²) in [5.74, 6) is -1.39. The Labute approximate surface area is 74.3 Å². The van der Waals surface area contributed by atoms with E-state index in [4.69, 9.17) is 9.84 Å². The Morgan fingerprint density at radius 2 is 2.46 bits per heavy atom. The van der Waals surface area contributed by atoms with Gasteiger partial charge in [0.05, 0.1) is 0 Å². The van der Waals surface area contributed by atoms with Crippen LogP contribution in [0.25, 0.3) is 0 Å². The molecule has 72 valence electrons. The van der Waals surface area contributed by atoms with Crippen LogP contribution in [0.3, 0.4) is 0 Å². The van der Waals surface area contributed by atoms with Gasteiger partial charge in [-0.2, -0.15) is 4.68 Å². The zero-order valence-electron chi connectivity index (χ0n) is 7.34. The fourth-order valence-electron chi connectivity index (χ4n) is 0.891. The molecule has 0 saturated heterocycles. The predicted octanol–water partition coefficient (Wildman–Crippen LogP) is -0.0737. The lowest BCUT2D eigenvalue weighted by molar-refractivity contribution is 0.0107. The molecule has 1 unspecified atom stereocenters. The minimum absolute atomic E-state index is 0.221. The van der Waals surface area contributed by atoms with Crippen molar-refractivity contribution in [2.45, 2.75) is 20.1 Å². The summed E-state index contributed by atoms with van der Waals surface area (Å²) in [5, 5.41) is 18.7. The number of carboxylic acid groups (broad SMARTS) is 1. The van der Waals surface area contributed by atoms with E-state index in [0.29, 0.717) is 6.61 Å². The molecule has 0 bridgehead atoms. The Hall–Kier alpha value is -1.50. The van der Waals surface area contributed by atoms with Crippen molar-refractivity contribution in [1.29, 1.82) is 0 Å². The first-order valence-electron chi connectivity index (χ1n) is 3.79. The molecule has 1 atom stereocenters. The third-order valence-electron chi connectivity index (χ3n) is 1.44. The predicted molar refractivity (Wildman–Crippen MR) is 41.1 cm³/mol. The van der Waals surface area contributed by atoms with E-state index in [1.54, 1.807) is 13.8 Å². The smallest absolute Gasteiger partial charge is 0.375 e. The maximum atomic E-state index is 10.6. The van der Waals surface area contributed by atoms with E-state index in [0.717, 1.165) is 4.68 Å². The third kappa shape index (κ3) is 2.00. The molecule has 0 aromatic carbocycles. The lowest BCUT2D eigenvalue weighted by atomic mass is 10.5. The van der Waals surface area contributed by atoms with E-state index in [2.05, 4.69) is 15.5 Å². The highest BCUT2D eigenvalue weighted by Crippen LogP contribution is 2.06. The zero-order chi connectivity index (χ0) is 9.84.